The number of sulfonamides is 1. The molecule has 0 radical (unpaired) electrons. The predicted octanol–water partition coefficient (Wildman–Crippen LogP) is 0.411. The second kappa shape index (κ2) is 5.46. The molecule has 1 aromatic rings. The molecule has 3 N–H and O–H groups in total. The van der Waals surface area contributed by atoms with Gasteiger partial charge in [0.15, 0.2) is 0 Å². The van der Waals surface area contributed by atoms with Crippen LogP contribution >= 0.6 is 0 Å². The van der Waals surface area contributed by atoms with Crippen molar-refractivity contribution in [2.24, 2.45) is 0 Å². The van der Waals surface area contributed by atoms with E-state index in [-0.39, 0.29) is 4.90 Å². The Morgan fingerprint density at radius 2 is 1.89 bits per heavy atom. The van der Waals surface area contributed by atoms with Crippen LogP contribution in [0.4, 0.5) is 5.69 Å². The highest BCUT2D eigenvalue weighted by molar-refractivity contribution is 7.89. The van der Waals surface area contributed by atoms with Crippen molar-refractivity contribution in [3.63, 3.8) is 0 Å². The summed E-state index contributed by atoms with van der Waals surface area (Å²) in [4.78, 5) is 2.81. The minimum Gasteiger partial charge on any atom is -0.398 e. The summed E-state index contributed by atoms with van der Waals surface area (Å²) < 4.78 is 29.9. The zero-order valence-corrected chi connectivity index (χ0v) is 12.0. The quantitative estimate of drug-likeness (QED) is 0.786. The van der Waals surface area contributed by atoms with E-state index in [1.165, 1.54) is 0 Å². The normalized spacial score (nSPS) is 17.6. The summed E-state index contributed by atoms with van der Waals surface area (Å²) in [5.41, 5.74) is 7.71. The Balaban J connectivity index is 2.28. The van der Waals surface area contributed by atoms with Crippen molar-refractivity contribution in [2.75, 3.05) is 32.0 Å². The molecule has 7 heteroatoms. The van der Waals surface area contributed by atoms with Crippen molar-refractivity contribution >= 4 is 15.7 Å². The third-order valence-corrected chi connectivity index (χ3v) is 4.60. The topological polar surface area (TPSA) is 84.7 Å². The Morgan fingerprint density at radius 1 is 1.26 bits per heavy atom. The second-order valence-corrected chi connectivity index (χ2v) is 6.30. The lowest BCUT2D eigenvalue weighted by Crippen LogP contribution is -2.48. The fraction of sp³-hybridized carbons (Fsp3) is 0.500. The van der Waals surface area contributed by atoms with Crippen molar-refractivity contribution in [2.45, 2.75) is 18.7 Å². The van der Waals surface area contributed by atoms with Gasteiger partial charge in [0, 0.05) is 18.8 Å². The van der Waals surface area contributed by atoms with Crippen LogP contribution in [0.1, 0.15) is 11.1 Å². The van der Waals surface area contributed by atoms with Crippen LogP contribution in [0.2, 0.25) is 0 Å². The van der Waals surface area contributed by atoms with Crippen LogP contribution in [0.15, 0.2) is 17.0 Å². The standard InChI is InChI=1S/C12H19N3O3S/c1-9-7-11(13)10(2)12(8-9)19(16,17)14-15-3-5-18-6-4-15/h7-8,14H,3-6,13H2,1-2H3. The first-order valence-electron chi connectivity index (χ1n) is 6.12. The Morgan fingerprint density at radius 3 is 2.53 bits per heavy atom. The minimum absolute atomic E-state index is 0.233. The van der Waals surface area contributed by atoms with E-state index in [4.69, 9.17) is 10.5 Å². The van der Waals surface area contributed by atoms with Crippen molar-refractivity contribution < 1.29 is 13.2 Å². The van der Waals surface area contributed by atoms with E-state index in [0.29, 0.717) is 37.6 Å². The van der Waals surface area contributed by atoms with E-state index in [9.17, 15) is 8.42 Å². The molecule has 1 aromatic carbocycles. The van der Waals surface area contributed by atoms with Crippen molar-refractivity contribution in [1.29, 1.82) is 0 Å². The summed E-state index contributed by atoms with van der Waals surface area (Å²) in [6.45, 7) is 5.67. The van der Waals surface area contributed by atoms with Gasteiger partial charge in [-0.3, -0.25) is 0 Å². The van der Waals surface area contributed by atoms with E-state index >= 15 is 0 Å². The smallest absolute Gasteiger partial charge is 0.253 e. The molecule has 0 unspecified atom stereocenters. The van der Waals surface area contributed by atoms with Gasteiger partial charge in [0.2, 0.25) is 0 Å². The summed E-state index contributed by atoms with van der Waals surface area (Å²) in [7, 11) is -3.60. The summed E-state index contributed by atoms with van der Waals surface area (Å²) >= 11 is 0. The average molecular weight is 285 g/mol. The van der Waals surface area contributed by atoms with Gasteiger partial charge in [0.05, 0.1) is 18.1 Å². The van der Waals surface area contributed by atoms with Crippen LogP contribution < -0.4 is 10.6 Å². The van der Waals surface area contributed by atoms with Gasteiger partial charge in [-0.25, -0.2) is 13.4 Å². The lowest BCUT2D eigenvalue weighted by atomic mass is 10.1. The number of ether oxygens (including phenoxy) is 1. The van der Waals surface area contributed by atoms with Gasteiger partial charge in [0.1, 0.15) is 0 Å². The van der Waals surface area contributed by atoms with Crippen LogP contribution in [-0.2, 0) is 14.8 Å². The van der Waals surface area contributed by atoms with Crippen LogP contribution in [0.25, 0.3) is 0 Å². The molecule has 0 saturated carbocycles. The number of nitrogens with zero attached hydrogens (tertiary/aromatic N) is 1. The molecule has 1 saturated heterocycles. The van der Waals surface area contributed by atoms with Gasteiger partial charge in [-0.15, -0.1) is 4.83 Å². The molecular formula is C12H19N3O3S. The van der Waals surface area contributed by atoms with E-state index in [0.717, 1.165) is 5.56 Å². The number of morpholine rings is 1. The third kappa shape index (κ3) is 3.24. The van der Waals surface area contributed by atoms with E-state index < -0.39 is 10.0 Å². The number of hydrogen-bond acceptors (Lipinski definition) is 5. The van der Waals surface area contributed by atoms with Crippen LogP contribution in [0.3, 0.4) is 0 Å². The Kier molecular flexibility index (Phi) is 4.10. The Bertz CT molecular complexity index is 566. The molecule has 0 atom stereocenters. The van der Waals surface area contributed by atoms with E-state index in [1.807, 2.05) is 6.92 Å². The van der Waals surface area contributed by atoms with Crippen LogP contribution in [0.5, 0.6) is 0 Å². The number of nitrogens with two attached hydrogens (primary N) is 1. The van der Waals surface area contributed by atoms with E-state index in [2.05, 4.69) is 4.83 Å². The molecule has 2 rings (SSSR count). The summed E-state index contributed by atoms with van der Waals surface area (Å²) in [5, 5.41) is 1.65. The minimum atomic E-state index is -3.60. The van der Waals surface area contributed by atoms with Crippen LogP contribution in [0, 0.1) is 13.8 Å². The van der Waals surface area contributed by atoms with Gasteiger partial charge in [-0.2, -0.15) is 0 Å². The second-order valence-electron chi connectivity index (χ2n) is 4.67. The highest BCUT2D eigenvalue weighted by Gasteiger charge is 2.22. The summed E-state index contributed by atoms with van der Waals surface area (Å²) in [6.07, 6.45) is 0. The number of nitrogen functional groups attached to an aromatic ring is 1. The number of hydrogen-bond donors (Lipinski definition) is 2. The van der Waals surface area contributed by atoms with Gasteiger partial charge < -0.3 is 10.5 Å². The first-order chi connectivity index (χ1) is 8.90. The molecule has 1 aliphatic rings. The first-order valence-corrected chi connectivity index (χ1v) is 7.60. The van der Waals surface area contributed by atoms with Gasteiger partial charge in [-0.1, -0.05) is 0 Å². The Labute approximate surface area is 113 Å². The molecule has 6 nitrogen and oxygen atoms in total. The molecule has 0 bridgehead atoms. The first kappa shape index (κ1) is 14.3. The number of nitrogens with one attached hydrogen (secondary N) is 1. The number of hydrazine groups is 1. The molecule has 0 spiro atoms. The fourth-order valence-electron chi connectivity index (χ4n) is 2.01. The molecule has 19 heavy (non-hydrogen) atoms. The highest BCUT2D eigenvalue weighted by Crippen LogP contribution is 2.23. The molecule has 1 fully saturated rings. The summed E-state index contributed by atoms with van der Waals surface area (Å²) in [5.74, 6) is 0. The molecule has 1 aliphatic heterocycles. The molecule has 106 valence electrons. The maximum atomic E-state index is 12.4. The third-order valence-electron chi connectivity index (χ3n) is 3.09. The lowest BCUT2D eigenvalue weighted by Gasteiger charge is -2.27. The molecule has 0 aliphatic carbocycles. The maximum absolute atomic E-state index is 12.4. The van der Waals surface area contributed by atoms with Crippen molar-refractivity contribution in [3.05, 3.63) is 23.3 Å². The molecule has 1 heterocycles. The monoisotopic (exact) mass is 285 g/mol. The fourth-order valence-corrected chi connectivity index (χ4v) is 3.49. The number of aryl methyl sites for hydroxylation is 1. The van der Waals surface area contributed by atoms with Crippen molar-refractivity contribution in [1.82, 2.24) is 9.84 Å². The zero-order chi connectivity index (χ0) is 14.0. The van der Waals surface area contributed by atoms with E-state index in [1.54, 1.807) is 24.1 Å². The predicted molar refractivity (Wildman–Crippen MR) is 73.0 cm³/mol. The molecular weight excluding hydrogens is 266 g/mol. The SMILES string of the molecule is Cc1cc(N)c(C)c(S(=O)(=O)NN2CCOCC2)c1. The average Bonchev–Trinajstić information content (AvgIpc) is 2.34. The molecule has 0 aromatic heterocycles. The van der Waals surface area contributed by atoms with Gasteiger partial charge >= 0.3 is 0 Å². The number of rotatable bonds is 3. The van der Waals surface area contributed by atoms with Crippen molar-refractivity contribution in [3.8, 4) is 0 Å². The zero-order valence-electron chi connectivity index (χ0n) is 11.1. The number of benzene rings is 1. The van der Waals surface area contributed by atoms with Crippen LogP contribution in [-0.4, -0.2) is 39.7 Å². The molecule has 0 amide bonds. The van der Waals surface area contributed by atoms with Gasteiger partial charge in [0.25, 0.3) is 10.0 Å². The largest absolute Gasteiger partial charge is 0.398 e. The maximum Gasteiger partial charge on any atom is 0.253 e. The number of anilines is 1. The van der Waals surface area contributed by atoms with Gasteiger partial charge in [-0.05, 0) is 37.1 Å². The lowest BCUT2D eigenvalue weighted by molar-refractivity contribution is 0.0272. The Hall–Kier alpha value is -1.15. The summed E-state index contributed by atoms with van der Waals surface area (Å²) in [6, 6.07) is 3.40. The highest BCUT2D eigenvalue weighted by atomic mass is 32.2.